The molecule has 1 unspecified atom stereocenters. The highest BCUT2D eigenvalue weighted by atomic mass is 32.2. The van der Waals surface area contributed by atoms with Crippen molar-refractivity contribution in [2.45, 2.75) is 37.3 Å². The quantitative estimate of drug-likeness (QED) is 0.633. The molecule has 1 aliphatic heterocycles. The molecule has 1 saturated heterocycles. The molecule has 2 aromatic rings. The first-order valence-corrected chi connectivity index (χ1v) is 11.1. The second-order valence-corrected chi connectivity index (χ2v) is 8.60. The Kier molecular flexibility index (Phi) is 6.88. The molecular weight excluding hydrogens is 415 g/mol. The Morgan fingerprint density at radius 3 is 2.67 bits per heavy atom. The zero-order chi connectivity index (χ0) is 21.7. The van der Waals surface area contributed by atoms with E-state index in [4.69, 9.17) is 9.15 Å². The highest BCUT2D eigenvalue weighted by Gasteiger charge is 2.41. The maximum absolute atomic E-state index is 13.0. The zero-order valence-electron chi connectivity index (χ0n) is 16.5. The zero-order valence-corrected chi connectivity index (χ0v) is 17.3. The molecule has 162 valence electrons. The second-order valence-electron chi connectivity index (χ2n) is 6.78. The van der Waals surface area contributed by atoms with E-state index in [1.165, 1.54) is 24.3 Å². The summed E-state index contributed by atoms with van der Waals surface area (Å²) in [6, 6.07) is 7.51. The van der Waals surface area contributed by atoms with Gasteiger partial charge in [0.1, 0.15) is 11.9 Å². The van der Waals surface area contributed by atoms with Crippen LogP contribution >= 0.6 is 0 Å². The lowest BCUT2D eigenvalue weighted by atomic mass is 10.1. The van der Waals surface area contributed by atoms with Gasteiger partial charge in [-0.15, -0.1) is 0 Å². The Balaban J connectivity index is 1.64. The molecule has 0 aliphatic carbocycles. The first-order chi connectivity index (χ1) is 14.3. The number of benzene rings is 1. The van der Waals surface area contributed by atoms with Crippen molar-refractivity contribution >= 4 is 21.9 Å². The van der Waals surface area contributed by atoms with E-state index in [9.17, 15) is 22.4 Å². The Morgan fingerprint density at radius 1 is 1.23 bits per heavy atom. The van der Waals surface area contributed by atoms with Crippen molar-refractivity contribution < 1.29 is 31.6 Å². The van der Waals surface area contributed by atoms with E-state index in [0.717, 1.165) is 9.87 Å². The van der Waals surface area contributed by atoms with Gasteiger partial charge in [-0.05, 0) is 56.0 Å². The molecule has 1 aromatic heterocycles. The summed E-state index contributed by atoms with van der Waals surface area (Å²) in [7, 11) is -4.09. The number of esters is 1. The lowest BCUT2D eigenvalue weighted by Crippen LogP contribution is -2.46. The van der Waals surface area contributed by atoms with Gasteiger partial charge in [0.05, 0.1) is 6.61 Å². The number of amides is 1. The van der Waals surface area contributed by atoms with E-state index in [2.05, 4.69) is 5.32 Å². The molecule has 1 aliphatic rings. The van der Waals surface area contributed by atoms with Crippen LogP contribution in [0.1, 0.15) is 35.9 Å². The molecule has 30 heavy (non-hydrogen) atoms. The molecule has 2 heterocycles. The van der Waals surface area contributed by atoms with Gasteiger partial charge >= 0.3 is 5.97 Å². The lowest BCUT2D eigenvalue weighted by Gasteiger charge is -2.22. The predicted molar refractivity (Wildman–Crippen MR) is 105 cm³/mol. The van der Waals surface area contributed by atoms with Crippen molar-refractivity contribution in [3.8, 4) is 0 Å². The number of halogens is 1. The van der Waals surface area contributed by atoms with Crippen LogP contribution in [0.4, 0.5) is 4.39 Å². The van der Waals surface area contributed by atoms with E-state index in [1.54, 1.807) is 19.1 Å². The van der Waals surface area contributed by atoms with Crippen LogP contribution in [-0.2, 0) is 26.0 Å². The third-order valence-corrected chi connectivity index (χ3v) is 6.54. The van der Waals surface area contributed by atoms with Crippen molar-refractivity contribution in [2.75, 3.05) is 19.7 Å². The van der Waals surface area contributed by atoms with Crippen molar-refractivity contribution in [1.29, 1.82) is 0 Å². The molecule has 10 heteroatoms. The summed E-state index contributed by atoms with van der Waals surface area (Å²) >= 11 is 0. The fraction of sp³-hybridized carbons (Fsp3) is 0.400. The Bertz CT molecular complexity index is 1000. The SMILES string of the molecule is CCOC(=O)c1ccc(S(=O)(=O)N2CCCC2C(=O)NCCc2ccc(F)cc2)o1. The van der Waals surface area contributed by atoms with Gasteiger partial charge in [-0.3, -0.25) is 4.79 Å². The summed E-state index contributed by atoms with van der Waals surface area (Å²) in [5.74, 6) is -1.71. The number of carbonyl (C=O) groups excluding carboxylic acids is 2. The highest BCUT2D eigenvalue weighted by molar-refractivity contribution is 7.89. The monoisotopic (exact) mass is 438 g/mol. The predicted octanol–water partition coefficient (Wildman–Crippen LogP) is 2.11. The molecule has 0 bridgehead atoms. The van der Waals surface area contributed by atoms with Gasteiger partial charge in [0.25, 0.3) is 10.0 Å². The van der Waals surface area contributed by atoms with E-state index >= 15 is 0 Å². The van der Waals surface area contributed by atoms with E-state index in [0.29, 0.717) is 25.8 Å². The van der Waals surface area contributed by atoms with E-state index in [1.807, 2.05) is 0 Å². The summed E-state index contributed by atoms with van der Waals surface area (Å²) < 4.78 is 49.9. The minimum absolute atomic E-state index is 0.133. The minimum Gasteiger partial charge on any atom is -0.460 e. The molecule has 1 atom stereocenters. The van der Waals surface area contributed by atoms with Gasteiger partial charge in [-0.2, -0.15) is 4.31 Å². The van der Waals surface area contributed by atoms with Crippen LogP contribution in [-0.4, -0.2) is 50.3 Å². The van der Waals surface area contributed by atoms with Crippen molar-refractivity contribution in [2.24, 2.45) is 0 Å². The third kappa shape index (κ3) is 4.88. The average molecular weight is 438 g/mol. The number of nitrogens with zero attached hydrogens (tertiary/aromatic N) is 1. The number of hydrogen-bond donors (Lipinski definition) is 1. The molecular formula is C20H23FN2O6S. The summed E-state index contributed by atoms with van der Waals surface area (Å²) in [5.41, 5.74) is 0.856. The molecule has 1 amide bonds. The van der Waals surface area contributed by atoms with Crippen molar-refractivity contribution in [1.82, 2.24) is 9.62 Å². The normalized spacial score (nSPS) is 17.1. The van der Waals surface area contributed by atoms with E-state index in [-0.39, 0.29) is 24.7 Å². The summed E-state index contributed by atoms with van der Waals surface area (Å²) in [6.07, 6.45) is 1.40. The topological polar surface area (TPSA) is 106 Å². The molecule has 1 aromatic carbocycles. The van der Waals surface area contributed by atoms with Crippen LogP contribution in [0.15, 0.2) is 45.9 Å². The first kappa shape index (κ1) is 22.0. The van der Waals surface area contributed by atoms with Gasteiger partial charge in [0.15, 0.2) is 0 Å². The van der Waals surface area contributed by atoms with Gasteiger partial charge in [-0.25, -0.2) is 17.6 Å². The molecule has 1 fully saturated rings. The number of ether oxygens (including phenoxy) is 1. The fourth-order valence-corrected chi connectivity index (χ4v) is 4.85. The minimum atomic E-state index is -4.09. The molecule has 3 rings (SSSR count). The average Bonchev–Trinajstić information content (AvgIpc) is 3.40. The van der Waals surface area contributed by atoms with Crippen LogP contribution in [0, 0.1) is 5.82 Å². The lowest BCUT2D eigenvalue weighted by molar-refractivity contribution is -0.124. The van der Waals surface area contributed by atoms with Crippen LogP contribution < -0.4 is 5.32 Å². The van der Waals surface area contributed by atoms with Crippen LogP contribution in [0.3, 0.4) is 0 Å². The molecule has 0 saturated carbocycles. The maximum Gasteiger partial charge on any atom is 0.374 e. The van der Waals surface area contributed by atoms with Crippen molar-refractivity contribution in [3.63, 3.8) is 0 Å². The summed E-state index contributed by atoms with van der Waals surface area (Å²) in [6.45, 7) is 2.23. The molecule has 0 radical (unpaired) electrons. The molecule has 0 spiro atoms. The van der Waals surface area contributed by atoms with Gasteiger partial charge in [0, 0.05) is 13.1 Å². The Hall–Kier alpha value is -2.72. The summed E-state index contributed by atoms with van der Waals surface area (Å²) in [5, 5.41) is 2.33. The number of rotatable bonds is 8. The summed E-state index contributed by atoms with van der Waals surface area (Å²) in [4.78, 5) is 24.3. The van der Waals surface area contributed by atoms with Gasteiger partial charge < -0.3 is 14.5 Å². The number of nitrogens with one attached hydrogen (secondary N) is 1. The smallest absolute Gasteiger partial charge is 0.374 e. The molecule has 1 N–H and O–H groups in total. The van der Waals surface area contributed by atoms with Crippen LogP contribution in [0.5, 0.6) is 0 Å². The number of hydrogen-bond acceptors (Lipinski definition) is 6. The maximum atomic E-state index is 13.0. The fourth-order valence-electron chi connectivity index (χ4n) is 3.28. The number of sulfonamides is 1. The van der Waals surface area contributed by atoms with Crippen LogP contribution in [0.2, 0.25) is 0 Å². The van der Waals surface area contributed by atoms with Crippen molar-refractivity contribution in [3.05, 3.63) is 53.5 Å². The number of carbonyl (C=O) groups is 2. The van der Waals surface area contributed by atoms with Gasteiger partial charge in [0.2, 0.25) is 16.8 Å². The second kappa shape index (κ2) is 9.40. The first-order valence-electron chi connectivity index (χ1n) is 9.64. The van der Waals surface area contributed by atoms with Crippen LogP contribution in [0.25, 0.3) is 0 Å². The Labute approximate surface area is 174 Å². The largest absolute Gasteiger partial charge is 0.460 e. The number of furan rings is 1. The highest BCUT2D eigenvalue weighted by Crippen LogP contribution is 2.27. The standard InChI is InChI=1S/C20H23FN2O6S/c1-2-28-20(25)17-9-10-18(29-17)30(26,27)23-13-3-4-16(23)19(24)22-12-11-14-5-7-15(21)8-6-14/h5-10,16H,2-4,11-13H2,1H3,(H,22,24). The Morgan fingerprint density at radius 2 is 1.97 bits per heavy atom. The van der Waals surface area contributed by atoms with Gasteiger partial charge in [-0.1, -0.05) is 12.1 Å². The van der Waals surface area contributed by atoms with E-state index < -0.39 is 33.0 Å². The molecule has 8 nitrogen and oxygen atoms in total. The third-order valence-electron chi connectivity index (χ3n) is 4.75.